The van der Waals surface area contributed by atoms with Crippen molar-refractivity contribution >= 4 is 9.04 Å². The van der Waals surface area contributed by atoms with Gasteiger partial charge in [-0.25, -0.2) is 0 Å². The molecule has 0 aromatic heterocycles. The molecule has 0 N–H and O–H groups in total. The summed E-state index contributed by atoms with van der Waals surface area (Å²) in [5.41, 5.74) is -0.931. The van der Waals surface area contributed by atoms with Gasteiger partial charge in [-0.3, -0.25) is 0 Å². The Hall–Kier alpha value is 0.0969. The lowest BCUT2D eigenvalue weighted by Crippen LogP contribution is -2.75. The molecule has 1 aliphatic heterocycles. The van der Waals surface area contributed by atoms with E-state index in [0.29, 0.717) is 0 Å². The van der Waals surface area contributed by atoms with Gasteiger partial charge in [0.15, 0.2) is 9.04 Å². The predicted octanol–water partition coefficient (Wildman–Crippen LogP) is 5.19. The van der Waals surface area contributed by atoms with Gasteiger partial charge < -0.3 is 4.43 Å². The molecule has 0 bridgehead atoms. The topological polar surface area (TPSA) is 32.4 Å². The minimum Gasteiger partial charge on any atom is -0.416 e. The van der Waals surface area contributed by atoms with Crippen LogP contribution in [0.25, 0.3) is 0 Å². The molecule has 1 aliphatic rings. The average molecular weight is 343 g/mol. The molecule has 0 aromatic carbocycles. The van der Waals surface area contributed by atoms with Gasteiger partial charge in [0.25, 0.3) is 0 Å². The van der Waals surface area contributed by atoms with Crippen molar-refractivity contribution in [1.29, 1.82) is 0 Å². The van der Waals surface area contributed by atoms with E-state index in [9.17, 15) is 5.21 Å². The summed E-state index contributed by atoms with van der Waals surface area (Å²) in [6, 6.07) is 0. The Bertz CT molecular complexity index is 399. The largest absolute Gasteiger partial charge is 0.416 e. The van der Waals surface area contributed by atoms with Crippen LogP contribution in [0.1, 0.15) is 81.1 Å². The van der Waals surface area contributed by atoms with Crippen molar-refractivity contribution < 1.29 is 9.63 Å². The maximum atomic E-state index is 14.0. The summed E-state index contributed by atoms with van der Waals surface area (Å²) in [5, 5.41) is 15.5. The second-order valence-electron chi connectivity index (χ2n) is 9.67. The molecule has 1 saturated heterocycles. The number of nitrogens with zero attached hydrogens (tertiary/aromatic N) is 1. The van der Waals surface area contributed by atoms with Crippen molar-refractivity contribution in [3.63, 3.8) is 0 Å². The van der Waals surface area contributed by atoms with E-state index >= 15 is 0 Å². The van der Waals surface area contributed by atoms with Crippen LogP contribution in [0.3, 0.4) is 0 Å². The van der Waals surface area contributed by atoms with Crippen molar-refractivity contribution in [3.8, 4) is 0 Å². The zero-order valence-electron chi connectivity index (χ0n) is 17.2. The SMILES string of the molecule is CCC1(C(C)(C)C)CCC(O[SiH](C)C)C(CC)(C(C)(C)C)N1[O]. The van der Waals surface area contributed by atoms with E-state index in [0.717, 1.165) is 25.7 Å². The van der Waals surface area contributed by atoms with Crippen LogP contribution in [-0.4, -0.2) is 31.3 Å². The maximum absolute atomic E-state index is 14.0. The van der Waals surface area contributed by atoms with Crippen molar-refractivity contribution in [2.24, 2.45) is 10.8 Å². The summed E-state index contributed by atoms with van der Waals surface area (Å²) in [7, 11) is -1.20. The standard InChI is InChI=1S/C19H40NO2Si/c1-11-18(16(3,4)5)14-13-15(22-23(9)10)19(12-2,20(18)21)17(6,7)8/h15,23H,11-14H2,1-10H3. The summed E-state index contributed by atoms with van der Waals surface area (Å²) in [6.45, 7) is 22.1. The number of piperidine rings is 1. The molecule has 3 nitrogen and oxygen atoms in total. The van der Waals surface area contributed by atoms with Gasteiger partial charge in [-0.15, -0.1) is 10.3 Å². The smallest absolute Gasteiger partial charge is 0.171 e. The first kappa shape index (κ1) is 21.1. The van der Waals surface area contributed by atoms with Gasteiger partial charge >= 0.3 is 0 Å². The Balaban J connectivity index is 3.50. The fourth-order valence-electron chi connectivity index (χ4n) is 4.95. The molecule has 0 amide bonds. The second kappa shape index (κ2) is 6.78. The molecular formula is C19H40NO2Si. The van der Waals surface area contributed by atoms with E-state index in [2.05, 4.69) is 68.5 Å². The molecule has 137 valence electrons. The Morgan fingerprint density at radius 1 is 1.04 bits per heavy atom. The van der Waals surface area contributed by atoms with Crippen LogP contribution in [0.4, 0.5) is 0 Å². The summed E-state index contributed by atoms with van der Waals surface area (Å²) >= 11 is 0. The van der Waals surface area contributed by atoms with Crippen LogP contribution in [0, 0.1) is 10.8 Å². The molecule has 0 saturated carbocycles. The monoisotopic (exact) mass is 342 g/mol. The van der Waals surface area contributed by atoms with E-state index in [1.165, 1.54) is 5.06 Å². The van der Waals surface area contributed by atoms with Crippen LogP contribution >= 0.6 is 0 Å². The number of hydrogen-bond donors (Lipinski definition) is 0. The zero-order chi connectivity index (χ0) is 18.3. The van der Waals surface area contributed by atoms with Crippen molar-refractivity contribution in [1.82, 2.24) is 5.06 Å². The highest BCUT2D eigenvalue weighted by Crippen LogP contribution is 2.56. The van der Waals surface area contributed by atoms with E-state index in [1.54, 1.807) is 0 Å². The lowest BCUT2D eigenvalue weighted by Gasteiger charge is -2.64. The molecule has 0 aromatic rings. The first-order chi connectivity index (χ1) is 10.3. The second-order valence-corrected chi connectivity index (χ2v) is 12.0. The van der Waals surface area contributed by atoms with Gasteiger partial charge in [-0.05, 0) is 49.6 Å². The van der Waals surface area contributed by atoms with Gasteiger partial charge in [0, 0.05) is 0 Å². The summed E-state index contributed by atoms with van der Waals surface area (Å²) in [4.78, 5) is 0. The molecule has 0 spiro atoms. The third-order valence-electron chi connectivity index (χ3n) is 6.36. The minimum absolute atomic E-state index is 0.0462. The fourth-order valence-corrected chi connectivity index (χ4v) is 5.97. The molecule has 23 heavy (non-hydrogen) atoms. The van der Waals surface area contributed by atoms with Gasteiger partial charge in [-0.1, -0.05) is 55.4 Å². The average Bonchev–Trinajstić information content (AvgIpc) is 2.36. The van der Waals surface area contributed by atoms with E-state index in [-0.39, 0.29) is 22.5 Å². The lowest BCUT2D eigenvalue weighted by molar-refractivity contribution is -0.365. The lowest BCUT2D eigenvalue weighted by atomic mass is 9.57. The van der Waals surface area contributed by atoms with E-state index < -0.39 is 14.6 Å². The van der Waals surface area contributed by atoms with E-state index in [4.69, 9.17) is 4.43 Å². The van der Waals surface area contributed by atoms with Crippen LogP contribution < -0.4 is 0 Å². The van der Waals surface area contributed by atoms with Crippen molar-refractivity contribution in [2.45, 2.75) is 111 Å². The number of hydroxylamine groups is 2. The highest BCUT2D eigenvalue weighted by Gasteiger charge is 2.63. The highest BCUT2D eigenvalue weighted by molar-refractivity contribution is 6.48. The molecule has 1 radical (unpaired) electrons. The van der Waals surface area contributed by atoms with Crippen molar-refractivity contribution in [2.75, 3.05) is 0 Å². The Morgan fingerprint density at radius 2 is 1.57 bits per heavy atom. The van der Waals surface area contributed by atoms with Gasteiger partial charge in [0.2, 0.25) is 0 Å². The minimum atomic E-state index is -1.20. The molecule has 3 atom stereocenters. The molecule has 1 fully saturated rings. The van der Waals surface area contributed by atoms with Crippen LogP contribution in [0.5, 0.6) is 0 Å². The molecule has 3 unspecified atom stereocenters. The number of hydrogen-bond acceptors (Lipinski definition) is 2. The molecular weight excluding hydrogens is 302 g/mol. The van der Waals surface area contributed by atoms with Crippen LogP contribution in [-0.2, 0) is 9.63 Å². The third-order valence-corrected chi connectivity index (χ3v) is 7.23. The van der Waals surface area contributed by atoms with Crippen molar-refractivity contribution in [3.05, 3.63) is 0 Å². The maximum Gasteiger partial charge on any atom is 0.171 e. The summed E-state index contributed by atoms with van der Waals surface area (Å²) < 4.78 is 6.44. The molecule has 0 aliphatic carbocycles. The fraction of sp³-hybridized carbons (Fsp3) is 1.00. The predicted molar refractivity (Wildman–Crippen MR) is 100 cm³/mol. The van der Waals surface area contributed by atoms with Gasteiger partial charge in [-0.2, -0.15) is 0 Å². The normalized spacial score (nSPS) is 34.2. The Kier molecular flexibility index (Phi) is 6.23. The van der Waals surface area contributed by atoms with Gasteiger partial charge in [0.1, 0.15) is 0 Å². The first-order valence-electron chi connectivity index (χ1n) is 9.43. The molecule has 4 heteroatoms. The van der Waals surface area contributed by atoms with Crippen LogP contribution in [0.2, 0.25) is 13.1 Å². The first-order valence-corrected chi connectivity index (χ1v) is 12.2. The quantitative estimate of drug-likeness (QED) is 0.659. The highest BCUT2D eigenvalue weighted by atomic mass is 28.3. The summed E-state index contributed by atoms with van der Waals surface area (Å²) in [5.74, 6) is 0. The Labute approximate surface area is 146 Å². The van der Waals surface area contributed by atoms with Gasteiger partial charge in [0.05, 0.1) is 17.2 Å². The molecule has 1 heterocycles. The van der Waals surface area contributed by atoms with E-state index in [1.807, 2.05) is 0 Å². The summed E-state index contributed by atoms with van der Waals surface area (Å²) in [6.07, 6.45) is 3.71. The Morgan fingerprint density at radius 3 is 1.87 bits per heavy atom. The third kappa shape index (κ3) is 3.29. The number of rotatable bonds is 4. The molecule has 1 rings (SSSR count). The van der Waals surface area contributed by atoms with Crippen LogP contribution in [0.15, 0.2) is 0 Å². The zero-order valence-corrected chi connectivity index (χ0v) is 18.4.